The maximum Gasteiger partial charge on any atom is 0.324 e. The highest BCUT2D eigenvalue weighted by Crippen LogP contribution is 2.66. The van der Waals surface area contributed by atoms with Crippen LogP contribution in [0.1, 0.15) is 63.6 Å². The quantitative estimate of drug-likeness (QED) is 0.0681. The molecule has 15 nitrogen and oxygen atoms in total. The Balaban J connectivity index is 1.30. The molecule has 6 atom stereocenters. The fraction of sp³-hybridized carbons (Fsp3) is 0.315. The lowest BCUT2D eigenvalue weighted by Gasteiger charge is -2.46. The van der Waals surface area contributed by atoms with Gasteiger partial charge in [0.1, 0.15) is 29.9 Å². The highest BCUT2D eigenvalue weighted by molar-refractivity contribution is 6.12. The summed E-state index contributed by atoms with van der Waals surface area (Å²) in [6.07, 6.45) is -0.684. The molecule has 15 heteroatoms. The van der Waals surface area contributed by atoms with Gasteiger partial charge in [0.15, 0.2) is 17.4 Å². The number of benzene rings is 5. The first-order chi connectivity index (χ1) is 33.6. The molecule has 2 saturated heterocycles. The lowest BCUT2D eigenvalue weighted by Crippen LogP contribution is -2.56. The van der Waals surface area contributed by atoms with Gasteiger partial charge in [0, 0.05) is 36.3 Å². The number of esters is 3. The molecule has 0 saturated carbocycles. The second kappa shape index (κ2) is 19.5. The minimum atomic E-state index is -1.89. The first-order valence-corrected chi connectivity index (χ1v) is 22.6. The number of carbonyl (C=O) groups is 5. The number of methoxy groups -OCH3 is 4. The van der Waals surface area contributed by atoms with E-state index in [1.807, 2.05) is 89.8 Å². The summed E-state index contributed by atoms with van der Waals surface area (Å²) in [5, 5.41) is 13.2. The number of rotatable bonds is 12. The van der Waals surface area contributed by atoms with Gasteiger partial charge in [0.05, 0.1) is 53.0 Å². The van der Waals surface area contributed by atoms with Gasteiger partial charge in [-0.1, -0.05) is 90.7 Å². The third-order valence-corrected chi connectivity index (χ3v) is 13.7. The van der Waals surface area contributed by atoms with Crippen LogP contribution in [0.2, 0.25) is 0 Å². The zero-order valence-corrected chi connectivity index (χ0v) is 38.5. The third-order valence-electron chi connectivity index (χ3n) is 13.7. The van der Waals surface area contributed by atoms with Gasteiger partial charge in [-0.25, -0.2) is 0 Å². The van der Waals surface area contributed by atoms with Crippen LogP contribution in [0.25, 0.3) is 0 Å². The number of aliphatic hydroxyl groups excluding tert-OH is 1. The zero-order valence-electron chi connectivity index (χ0n) is 38.5. The minimum Gasteiger partial charge on any atom is -0.493 e. The van der Waals surface area contributed by atoms with Crippen molar-refractivity contribution in [1.29, 1.82) is 0 Å². The van der Waals surface area contributed by atoms with E-state index < -0.39 is 71.2 Å². The molecule has 0 aliphatic carbocycles. The summed E-state index contributed by atoms with van der Waals surface area (Å²) >= 11 is 0. The van der Waals surface area contributed by atoms with Crippen LogP contribution in [0, 0.1) is 23.7 Å². The van der Waals surface area contributed by atoms with Crippen molar-refractivity contribution in [3.05, 3.63) is 154 Å². The number of hydrogen-bond acceptors (Lipinski definition) is 13. The van der Waals surface area contributed by atoms with Crippen molar-refractivity contribution >= 4 is 35.4 Å². The van der Waals surface area contributed by atoms with E-state index in [1.54, 1.807) is 49.5 Å². The molecule has 5 aromatic carbocycles. The van der Waals surface area contributed by atoms with E-state index in [9.17, 15) is 14.7 Å². The van der Waals surface area contributed by atoms with Crippen LogP contribution in [0.15, 0.2) is 115 Å². The number of cyclic esters (lactones) is 1. The van der Waals surface area contributed by atoms with Crippen molar-refractivity contribution in [3.63, 3.8) is 0 Å². The molecule has 2 amide bonds. The molecule has 2 fully saturated rings. The van der Waals surface area contributed by atoms with Crippen molar-refractivity contribution in [1.82, 2.24) is 9.80 Å². The lowest BCUT2D eigenvalue weighted by molar-refractivity contribution is -0.179. The standard InChI is InChI=1S/C54H51N3O12/c1-64-42-29-35-24-25-56(31-36(35)30-43(42)65-2)49(59)44-46-52(62)69-47(34-17-9-6-10-18-34)45(33-15-7-5-8-16-33)57(46)48(37-19-11-12-21-41(37)68-27-26-58)54(44)39-28-32(22-23-40(39)55-53(54)63)14-13-20-38(50(60)66-3)51(61)67-4/h5-12,15-19,21-23,28-30,38,44-48,58H,20,24-27,31H2,1-4H3,(H,55,63). The molecule has 4 aliphatic rings. The normalized spacial score (nSPS) is 22.3. The number of amides is 2. The van der Waals surface area contributed by atoms with Crippen molar-refractivity contribution in [3.8, 4) is 29.1 Å². The van der Waals surface area contributed by atoms with E-state index in [1.165, 1.54) is 14.2 Å². The number of aliphatic hydroxyl groups is 1. The fourth-order valence-corrected chi connectivity index (χ4v) is 10.7. The average molecular weight is 934 g/mol. The Labute approximate surface area is 399 Å². The average Bonchev–Trinajstić information content (AvgIpc) is 3.86. The van der Waals surface area contributed by atoms with Crippen LogP contribution < -0.4 is 19.5 Å². The SMILES string of the molecule is COC(=O)C(CC#Cc1ccc2c(c1)C1(C(=O)N2)C(C(=O)N2CCc3cc(OC)c(OC)cc3C2)C2C(=O)OC(c3ccccc3)C(c3ccccc3)N2C1c1ccccc1OCCO)C(=O)OC. The van der Waals surface area contributed by atoms with Crippen LogP contribution >= 0.6 is 0 Å². The van der Waals surface area contributed by atoms with Gasteiger partial charge in [0.25, 0.3) is 0 Å². The number of nitrogens with one attached hydrogen (secondary N) is 1. The molecule has 0 radical (unpaired) electrons. The summed E-state index contributed by atoms with van der Waals surface area (Å²) in [6.45, 7) is 0.00613. The molecule has 69 heavy (non-hydrogen) atoms. The largest absolute Gasteiger partial charge is 0.493 e. The molecule has 4 heterocycles. The smallest absolute Gasteiger partial charge is 0.324 e. The Kier molecular flexibility index (Phi) is 13.1. The number of para-hydroxylation sites is 1. The number of anilines is 1. The topological polar surface area (TPSA) is 179 Å². The number of morpholine rings is 1. The van der Waals surface area contributed by atoms with E-state index in [-0.39, 0.29) is 32.7 Å². The Morgan fingerprint density at radius 1 is 0.797 bits per heavy atom. The molecule has 6 unspecified atom stereocenters. The number of carbonyl (C=O) groups excluding carboxylic acids is 5. The number of ether oxygens (including phenoxy) is 6. The maximum atomic E-state index is 16.2. The van der Waals surface area contributed by atoms with E-state index >= 15 is 14.4 Å². The van der Waals surface area contributed by atoms with Gasteiger partial charge in [-0.15, -0.1) is 0 Å². The van der Waals surface area contributed by atoms with Crippen molar-refractivity contribution in [2.75, 3.05) is 53.5 Å². The number of fused-ring (bicyclic) bond motifs is 4. The second-order valence-electron chi connectivity index (χ2n) is 17.2. The van der Waals surface area contributed by atoms with Crippen molar-refractivity contribution < 1.29 is 57.5 Å². The van der Waals surface area contributed by atoms with Crippen LogP contribution in [-0.4, -0.2) is 98.9 Å². The summed E-state index contributed by atoms with van der Waals surface area (Å²) in [4.78, 5) is 76.4. The van der Waals surface area contributed by atoms with E-state index in [0.29, 0.717) is 51.6 Å². The van der Waals surface area contributed by atoms with Gasteiger partial charge in [-0.3, -0.25) is 28.9 Å². The first-order valence-electron chi connectivity index (χ1n) is 22.6. The van der Waals surface area contributed by atoms with Crippen LogP contribution in [-0.2, 0) is 56.6 Å². The predicted molar refractivity (Wildman–Crippen MR) is 250 cm³/mol. The Morgan fingerprint density at radius 2 is 1.45 bits per heavy atom. The maximum absolute atomic E-state index is 16.2. The molecule has 4 aliphatic heterocycles. The molecule has 2 N–H and O–H groups in total. The van der Waals surface area contributed by atoms with Gasteiger partial charge in [-0.2, -0.15) is 0 Å². The first kappa shape index (κ1) is 46.4. The van der Waals surface area contributed by atoms with Crippen molar-refractivity contribution in [2.45, 2.75) is 49.0 Å². The Morgan fingerprint density at radius 3 is 2.12 bits per heavy atom. The van der Waals surface area contributed by atoms with Gasteiger partial charge >= 0.3 is 17.9 Å². The van der Waals surface area contributed by atoms with Crippen LogP contribution in [0.4, 0.5) is 5.69 Å². The highest BCUT2D eigenvalue weighted by Gasteiger charge is 2.74. The second-order valence-corrected chi connectivity index (χ2v) is 17.2. The van der Waals surface area contributed by atoms with Crippen molar-refractivity contribution in [2.24, 2.45) is 11.8 Å². The molecule has 1 spiro atoms. The predicted octanol–water partition coefficient (Wildman–Crippen LogP) is 5.63. The Bertz CT molecular complexity index is 2850. The summed E-state index contributed by atoms with van der Waals surface area (Å²) in [6, 6.07) is 31.8. The summed E-state index contributed by atoms with van der Waals surface area (Å²) in [5.74, 6) is 1.37. The summed E-state index contributed by atoms with van der Waals surface area (Å²) < 4.78 is 33.9. The lowest BCUT2D eigenvalue weighted by atomic mass is 9.64. The summed E-state index contributed by atoms with van der Waals surface area (Å²) in [5.41, 5.74) is 3.05. The number of hydrogen-bond donors (Lipinski definition) is 2. The van der Waals surface area contributed by atoms with Crippen LogP contribution in [0.5, 0.6) is 17.2 Å². The van der Waals surface area contributed by atoms with Gasteiger partial charge < -0.3 is 43.7 Å². The molecule has 354 valence electrons. The van der Waals surface area contributed by atoms with Gasteiger partial charge in [0.2, 0.25) is 11.8 Å². The molecule has 9 rings (SSSR count). The van der Waals surface area contributed by atoms with Gasteiger partial charge in [-0.05, 0) is 70.6 Å². The summed E-state index contributed by atoms with van der Waals surface area (Å²) in [7, 11) is 5.45. The minimum absolute atomic E-state index is 0.0819. The van der Waals surface area contributed by atoms with E-state index in [0.717, 1.165) is 16.7 Å². The third kappa shape index (κ3) is 8.09. The van der Waals surface area contributed by atoms with E-state index in [2.05, 4.69) is 17.2 Å². The number of nitrogens with zero attached hydrogens (tertiary/aromatic N) is 2. The molecule has 5 aromatic rings. The van der Waals surface area contributed by atoms with E-state index in [4.69, 9.17) is 28.4 Å². The van der Waals surface area contributed by atoms with Crippen LogP contribution in [0.3, 0.4) is 0 Å². The highest BCUT2D eigenvalue weighted by atomic mass is 16.6. The molecule has 0 bridgehead atoms. The Hall–Kier alpha value is -7.67. The fourth-order valence-electron chi connectivity index (χ4n) is 10.7. The molecular formula is C54H51N3O12. The molecular weight excluding hydrogens is 883 g/mol. The monoisotopic (exact) mass is 933 g/mol. The molecule has 0 aromatic heterocycles. The zero-order chi connectivity index (χ0) is 48.4.